The van der Waals surface area contributed by atoms with Crippen LogP contribution in [0.25, 0.3) is 0 Å². The van der Waals surface area contributed by atoms with Gasteiger partial charge in [0.25, 0.3) is 0 Å². The van der Waals surface area contributed by atoms with E-state index in [0.29, 0.717) is 0 Å². The summed E-state index contributed by atoms with van der Waals surface area (Å²) in [5.41, 5.74) is 0.977. The third-order valence-corrected chi connectivity index (χ3v) is 2.90. The quantitative estimate of drug-likeness (QED) is 0.572. The summed E-state index contributed by atoms with van der Waals surface area (Å²) in [6.45, 7) is 1.91. The molecule has 0 aliphatic heterocycles. The van der Waals surface area contributed by atoms with Crippen LogP contribution in [0.15, 0.2) is 4.99 Å². The predicted octanol–water partition coefficient (Wildman–Crippen LogP) is 0.738. The summed E-state index contributed by atoms with van der Waals surface area (Å²) in [6, 6.07) is 0. The van der Waals surface area contributed by atoms with Crippen molar-refractivity contribution in [3.63, 3.8) is 0 Å². The lowest BCUT2D eigenvalue weighted by Gasteiger charge is -1.92. The molecule has 0 spiro atoms. The molecule has 11 heavy (non-hydrogen) atoms. The number of aromatic nitrogens is 1. The van der Waals surface area contributed by atoms with Crippen molar-refractivity contribution in [1.82, 2.24) is 4.57 Å². The van der Waals surface area contributed by atoms with E-state index in [1.807, 2.05) is 18.5 Å². The average Bonchev–Trinajstić information content (AvgIpc) is 2.30. The Morgan fingerprint density at radius 2 is 2.27 bits per heavy atom. The molecule has 1 rings (SSSR count). The highest BCUT2D eigenvalue weighted by Gasteiger charge is 2.03. The Kier molecular flexibility index (Phi) is 2.24. The third-order valence-electron chi connectivity index (χ3n) is 1.65. The van der Waals surface area contributed by atoms with Gasteiger partial charge in [0.1, 0.15) is 0 Å². The molecule has 3 nitrogen and oxygen atoms in total. The molecule has 0 atom stereocenters. The molecule has 0 aromatic carbocycles. The third kappa shape index (κ3) is 1.26. The Hall–Kier alpha value is -0.900. The minimum Gasteiger partial charge on any atom is -0.324 e. The van der Waals surface area contributed by atoms with E-state index in [9.17, 15) is 4.79 Å². The molecule has 0 N–H and O–H groups in total. The van der Waals surface area contributed by atoms with Crippen LogP contribution in [0.4, 0.5) is 0 Å². The van der Waals surface area contributed by atoms with Gasteiger partial charge in [0.2, 0.25) is 0 Å². The summed E-state index contributed by atoms with van der Waals surface area (Å²) in [6.07, 6.45) is 0.870. The van der Waals surface area contributed by atoms with Crippen LogP contribution in [0.5, 0.6) is 0 Å². The molecule has 0 saturated carbocycles. The van der Waals surface area contributed by atoms with Gasteiger partial charge in [0.05, 0.1) is 4.88 Å². The van der Waals surface area contributed by atoms with Crippen LogP contribution in [-0.4, -0.2) is 17.9 Å². The van der Waals surface area contributed by atoms with Crippen molar-refractivity contribution in [3.8, 4) is 0 Å². The molecule has 0 bridgehead atoms. The fourth-order valence-corrected chi connectivity index (χ4v) is 1.75. The smallest absolute Gasteiger partial charge is 0.185 e. The molecular weight excluding hydrogens is 160 g/mol. The van der Waals surface area contributed by atoms with Crippen LogP contribution < -0.4 is 4.80 Å². The summed E-state index contributed by atoms with van der Waals surface area (Å²) < 4.78 is 1.91. The van der Waals surface area contributed by atoms with Crippen molar-refractivity contribution in [2.75, 3.05) is 7.05 Å². The van der Waals surface area contributed by atoms with E-state index >= 15 is 0 Å². The molecule has 1 aromatic heterocycles. The van der Waals surface area contributed by atoms with Crippen LogP contribution >= 0.6 is 11.3 Å². The first-order valence-corrected chi connectivity index (χ1v) is 4.06. The lowest BCUT2D eigenvalue weighted by Crippen LogP contribution is -2.10. The number of hydrogen-bond acceptors (Lipinski definition) is 3. The second kappa shape index (κ2) is 3.00. The molecule has 4 heteroatoms. The van der Waals surface area contributed by atoms with E-state index in [1.165, 1.54) is 11.3 Å². The molecule has 0 unspecified atom stereocenters. The molecule has 60 valence electrons. The number of nitrogens with zero attached hydrogens (tertiary/aromatic N) is 2. The van der Waals surface area contributed by atoms with Gasteiger partial charge in [-0.15, -0.1) is 0 Å². The lowest BCUT2D eigenvalue weighted by molar-refractivity contribution is 0.112. The summed E-state index contributed by atoms with van der Waals surface area (Å²) in [7, 11) is 3.63. The van der Waals surface area contributed by atoms with Crippen molar-refractivity contribution in [1.29, 1.82) is 0 Å². The number of thiazole rings is 1. The van der Waals surface area contributed by atoms with E-state index in [2.05, 4.69) is 4.99 Å². The maximum atomic E-state index is 10.5. The first kappa shape index (κ1) is 8.20. The van der Waals surface area contributed by atoms with Gasteiger partial charge in [-0.2, -0.15) is 0 Å². The van der Waals surface area contributed by atoms with Crippen LogP contribution in [0.2, 0.25) is 0 Å². The molecular formula is C7H10N2OS. The zero-order valence-electron chi connectivity index (χ0n) is 6.79. The van der Waals surface area contributed by atoms with Crippen molar-refractivity contribution in [3.05, 3.63) is 15.4 Å². The first-order valence-electron chi connectivity index (χ1n) is 3.25. The standard InChI is InChI=1S/C7H10N2OS/c1-5-6(4-10)11-7(8-2)9(5)3/h4H,1-3H3. The number of rotatable bonds is 1. The van der Waals surface area contributed by atoms with Gasteiger partial charge in [-0.3, -0.25) is 9.79 Å². The molecule has 0 radical (unpaired) electrons. The van der Waals surface area contributed by atoms with Gasteiger partial charge >= 0.3 is 0 Å². The van der Waals surface area contributed by atoms with Crippen LogP contribution in [0.1, 0.15) is 15.4 Å². The van der Waals surface area contributed by atoms with Gasteiger partial charge < -0.3 is 4.57 Å². The Morgan fingerprint density at radius 3 is 2.55 bits per heavy atom. The fraction of sp³-hybridized carbons (Fsp3) is 0.429. The maximum absolute atomic E-state index is 10.5. The van der Waals surface area contributed by atoms with E-state index in [1.54, 1.807) is 7.05 Å². The predicted molar refractivity (Wildman–Crippen MR) is 44.9 cm³/mol. The van der Waals surface area contributed by atoms with Crippen LogP contribution in [0, 0.1) is 6.92 Å². The Balaban J connectivity index is 3.47. The highest BCUT2D eigenvalue weighted by Crippen LogP contribution is 2.06. The van der Waals surface area contributed by atoms with Crippen molar-refractivity contribution in [2.24, 2.45) is 12.0 Å². The van der Waals surface area contributed by atoms with E-state index in [-0.39, 0.29) is 0 Å². The normalized spacial score (nSPS) is 12.1. The number of carbonyl (C=O) groups is 1. The molecule has 0 saturated heterocycles. The summed E-state index contributed by atoms with van der Waals surface area (Å²) >= 11 is 1.41. The fourth-order valence-electron chi connectivity index (χ4n) is 0.854. The minimum atomic E-state index is 0.758. The van der Waals surface area contributed by atoms with Gasteiger partial charge in [-0.25, -0.2) is 0 Å². The molecule has 1 heterocycles. The highest BCUT2D eigenvalue weighted by atomic mass is 32.1. The monoisotopic (exact) mass is 170 g/mol. The Bertz CT molecular complexity index is 335. The first-order chi connectivity index (χ1) is 5.20. The SMILES string of the molecule is CN=c1sc(C=O)c(C)n1C. The van der Waals surface area contributed by atoms with Gasteiger partial charge in [0, 0.05) is 19.8 Å². The minimum absolute atomic E-state index is 0.758. The number of carbonyl (C=O) groups excluding carboxylic acids is 1. The maximum Gasteiger partial charge on any atom is 0.185 e. The van der Waals surface area contributed by atoms with E-state index in [4.69, 9.17) is 0 Å². The summed E-state index contributed by atoms with van der Waals surface area (Å²) in [5, 5.41) is 0. The summed E-state index contributed by atoms with van der Waals surface area (Å²) in [4.78, 5) is 16.1. The largest absolute Gasteiger partial charge is 0.324 e. The Labute approximate surface area is 69.0 Å². The second-order valence-electron chi connectivity index (χ2n) is 2.23. The van der Waals surface area contributed by atoms with Gasteiger partial charge in [-0.1, -0.05) is 11.3 Å². The van der Waals surface area contributed by atoms with Crippen molar-refractivity contribution < 1.29 is 4.79 Å². The second-order valence-corrected chi connectivity index (χ2v) is 3.24. The van der Waals surface area contributed by atoms with Crippen LogP contribution in [0.3, 0.4) is 0 Å². The van der Waals surface area contributed by atoms with Crippen molar-refractivity contribution >= 4 is 17.6 Å². The molecule has 0 aliphatic carbocycles. The zero-order valence-corrected chi connectivity index (χ0v) is 7.60. The van der Waals surface area contributed by atoms with Crippen molar-refractivity contribution in [2.45, 2.75) is 6.92 Å². The zero-order chi connectivity index (χ0) is 8.43. The summed E-state index contributed by atoms with van der Waals surface area (Å²) in [5.74, 6) is 0. The molecule has 0 amide bonds. The molecule has 0 aliphatic rings. The molecule has 1 aromatic rings. The number of hydrogen-bond donors (Lipinski definition) is 0. The Morgan fingerprint density at radius 1 is 1.64 bits per heavy atom. The highest BCUT2D eigenvalue weighted by molar-refractivity contribution is 7.11. The topological polar surface area (TPSA) is 34.4 Å². The van der Waals surface area contributed by atoms with Gasteiger partial charge in [-0.05, 0) is 6.92 Å². The van der Waals surface area contributed by atoms with E-state index in [0.717, 1.165) is 21.7 Å². The van der Waals surface area contributed by atoms with E-state index < -0.39 is 0 Å². The number of aldehydes is 1. The van der Waals surface area contributed by atoms with Gasteiger partial charge in [0.15, 0.2) is 11.1 Å². The molecule has 0 fully saturated rings. The van der Waals surface area contributed by atoms with Crippen LogP contribution in [-0.2, 0) is 7.05 Å². The lowest BCUT2D eigenvalue weighted by atomic mass is 10.4. The average molecular weight is 170 g/mol.